The first-order valence-electron chi connectivity index (χ1n) is 5.39. The second-order valence-electron chi connectivity index (χ2n) is 3.86. The van der Waals surface area contributed by atoms with Gasteiger partial charge in [-0.15, -0.1) is 10.2 Å². The fraction of sp³-hybridized carbons (Fsp3) is 0.0909. The number of aryl methyl sites for hydroxylation is 1. The zero-order valence-electron chi connectivity index (χ0n) is 9.82. The van der Waals surface area contributed by atoms with Gasteiger partial charge in [-0.2, -0.15) is 4.37 Å². The molecule has 3 aromatic rings. The highest BCUT2D eigenvalue weighted by atomic mass is 32.1. The lowest BCUT2D eigenvalue weighted by Gasteiger charge is -2.02. The van der Waals surface area contributed by atoms with Crippen molar-refractivity contribution in [3.63, 3.8) is 0 Å². The van der Waals surface area contributed by atoms with Gasteiger partial charge in [-0.3, -0.25) is 0 Å². The minimum atomic E-state index is -0.320. The third-order valence-corrected chi connectivity index (χ3v) is 3.22. The van der Waals surface area contributed by atoms with E-state index in [1.165, 1.54) is 6.07 Å². The minimum absolute atomic E-state index is 0.174. The van der Waals surface area contributed by atoms with Gasteiger partial charge in [-0.25, -0.2) is 4.98 Å². The zero-order chi connectivity index (χ0) is 13.4. The number of fused-ring (bicyclic) bond motifs is 1. The summed E-state index contributed by atoms with van der Waals surface area (Å²) in [6, 6.07) is 3.22. The predicted molar refractivity (Wildman–Crippen MR) is 70.5 cm³/mol. The SMILES string of the molecule is Cc1nsc(/N=N/c2c(O)c(O)cc3cc[nH]c23)n1. The number of H-pyrrole nitrogens is 1. The van der Waals surface area contributed by atoms with Crippen LogP contribution in [0.1, 0.15) is 5.82 Å². The number of aromatic nitrogens is 3. The number of rotatable bonds is 2. The van der Waals surface area contributed by atoms with Crippen LogP contribution in [0.2, 0.25) is 0 Å². The summed E-state index contributed by atoms with van der Waals surface area (Å²) in [6.45, 7) is 1.75. The van der Waals surface area contributed by atoms with E-state index in [2.05, 4.69) is 24.6 Å². The molecule has 1 aromatic carbocycles. The molecule has 0 amide bonds. The van der Waals surface area contributed by atoms with Crippen LogP contribution in [0.15, 0.2) is 28.6 Å². The maximum Gasteiger partial charge on any atom is 0.249 e. The lowest BCUT2D eigenvalue weighted by Crippen LogP contribution is -1.75. The van der Waals surface area contributed by atoms with E-state index in [1.807, 2.05) is 0 Å². The molecule has 0 bridgehead atoms. The molecule has 3 rings (SSSR count). The number of aromatic amines is 1. The second kappa shape index (κ2) is 4.32. The molecule has 0 spiro atoms. The summed E-state index contributed by atoms with van der Waals surface area (Å²) < 4.78 is 3.98. The van der Waals surface area contributed by atoms with Gasteiger partial charge in [0.05, 0.1) is 5.52 Å². The minimum Gasteiger partial charge on any atom is -0.504 e. The second-order valence-corrected chi connectivity index (χ2v) is 4.59. The number of nitrogens with zero attached hydrogens (tertiary/aromatic N) is 4. The molecule has 2 aromatic heterocycles. The summed E-state index contributed by atoms with van der Waals surface area (Å²) in [5.74, 6) is 0.0542. The molecular formula is C11H9N5O2S. The van der Waals surface area contributed by atoms with Gasteiger partial charge >= 0.3 is 0 Å². The Morgan fingerprint density at radius 1 is 1.32 bits per heavy atom. The van der Waals surface area contributed by atoms with Crippen LogP contribution < -0.4 is 0 Å². The summed E-state index contributed by atoms with van der Waals surface area (Å²) >= 11 is 1.11. The molecule has 3 N–H and O–H groups in total. The van der Waals surface area contributed by atoms with Gasteiger partial charge < -0.3 is 15.2 Å². The molecule has 0 aliphatic heterocycles. The molecule has 7 nitrogen and oxygen atoms in total. The van der Waals surface area contributed by atoms with Crippen LogP contribution in [0.4, 0.5) is 10.8 Å². The fourth-order valence-corrected chi connectivity index (χ4v) is 2.18. The van der Waals surface area contributed by atoms with Crippen molar-refractivity contribution in [3.8, 4) is 11.5 Å². The predicted octanol–water partition coefficient (Wildman–Crippen LogP) is 3.15. The van der Waals surface area contributed by atoms with Crippen LogP contribution in [0.3, 0.4) is 0 Å². The Kier molecular flexibility index (Phi) is 2.64. The normalized spacial score (nSPS) is 11.6. The van der Waals surface area contributed by atoms with Crippen molar-refractivity contribution in [2.45, 2.75) is 6.92 Å². The number of phenolic OH excluding ortho intramolecular Hbond substituents is 2. The Morgan fingerprint density at radius 3 is 2.89 bits per heavy atom. The molecule has 19 heavy (non-hydrogen) atoms. The third kappa shape index (κ3) is 2.02. The smallest absolute Gasteiger partial charge is 0.249 e. The molecule has 0 saturated carbocycles. The van der Waals surface area contributed by atoms with Crippen molar-refractivity contribution >= 4 is 33.3 Å². The fourth-order valence-electron chi connectivity index (χ4n) is 1.68. The Bertz CT molecular complexity index is 777. The van der Waals surface area contributed by atoms with E-state index in [4.69, 9.17) is 0 Å². The number of phenols is 2. The first-order valence-corrected chi connectivity index (χ1v) is 6.16. The van der Waals surface area contributed by atoms with Crippen LogP contribution in [0.25, 0.3) is 10.9 Å². The van der Waals surface area contributed by atoms with Crippen LogP contribution in [0.5, 0.6) is 11.5 Å². The Morgan fingerprint density at radius 2 is 2.16 bits per heavy atom. The number of azo groups is 1. The lowest BCUT2D eigenvalue weighted by atomic mass is 10.2. The molecule has 0 radical (unpaired) electrons. The largest absolute Gasteiger partial charge is 0.504 e. The van der Waals surface area contributed by atoms with E-state index >= 15 is 0 Å². The third-order valence-electron chi connectivity index (χ3n) is 2.53. The van der Waals surface area contributed by atoms with Gasteiger partial charge in [0.15, 0.2) is 17.2 Å². The molecule has 2 heterocycles. The van der Waals surface area contributed by atoms with Crippen molar-refractivity contribution < 1.29 is 10.2 Å². The number of nitrogens with one attached hydrogen (secondary N) is 1. The molecule has 0 fully saturated rings. The maximum absolute atomic E-state index is 9.84. The summed E-state index contributed by atoms with van der Waals surface area (Å²) in [7, 11) is 0. The van der Waals surface area contributed by atoms with Crippen molar-refractivity contribution in [2.24, 2.45) is 10.2 Å². The summed E-state index contributed by atoms with van der Waals surface area (Å²) in [4.78, 5) is 6.98. The molecule has 0 atom stereocenters. The quantitative estimate of drug-likeness (QED) is 0.493. The van der Waals surface area contributed by atoms with Gasteiger partial charge in [0.25, 0.3) is 0 Å². The average molecular weight is 275 g/mol. The number of aromatic hydroxyl groups is 2. The van der Waals surface area contributed by atoms with Crippen molar-refractivity contribution in [3.05, 3.63) is 24.2 Å². The number of benzene rings is 1. The summed E-state index contributed by atoms with van der Waals surface area (Å²) in [6.07, 6.45) is 1.69. The molecule has 96 valence electrons. The Labute approximate surface area is 111 Å². The van der Waals surface area contributed by atoms with Crippen LogP contribution in [-0.4, -0.2) is 24.6 Å². The molecule has 0 unspecified atom stereocenters. The molecular weight excluding hydrogens is 266 g/mol. The highest BCUT2D eigenvalue weighted by Crippen LogP contribution is 2.42. The van der Waals surface area contributed by atoms with E-state index in [0.717, 1.165) is 16.9 Å². The monoisotopic (exact) mass is 275 g/mol. The van der Waals surface area contributed by atoms with Crippen LogP contribution >= 0.6 is 11.5 Å². The molecule has 0 saturated heterocycles. The Hall–Kier alpha value is -2.48. The lowest BCUT2D eigenvalue weighted by molar-refractivity contribution is 0.405. The van der Waals surface area contributed by atoms with Crippen LogP contribution in [-0.2, 0) is 0 Å². The van der Waals surface area contributed by atoms with Crippen molar-refractivity contribution in [1.29, 1.82) is 0 Å². The van der Waals surface area contributed by atoms with E-state index in [9.17, 15) is 10.2 Å². The van der Waals surface area contributed by atoms with Gasteiger partial charge in [0, 0.05) is 23.1 Å². The summed E-state index contributed by atoms with van der Waals surface area (Å²) in [5, 5.41) is 28.4. The highest BCUT2D eigenvalue weighted by molar-refractivity contribution is 7.09. The number of hydrogen-bond donors (Lipinski definition) is 3. The van der Waals surface area contributed by atoms with E-state index in [0.29, 0.717) is 16.5 Å². The maximum atomic E-state index is 9.84. The van der Waals surface area contributed by atoms with Gasteiger partial charge in [0.1, 0.15) is 5.82 Å². The first-order chi connectivity index (χ1) is 9.15. The van der Waals surface area contributed by atoms with E-state index < -0.39 is 0 Å². The molecule has 8 heteroatoms. The van der Waals surface area contributed by atoms with Crippen LogP contribution in [0, 0.1) is 6.92 Å². The van der Waals surface area contributed by atoms with E-state index in [1.54, 1.807) is 19.2 Å². The van der Waals surface area contributed by atoms with Gasteiger partial charge in [-0.05, 0) is 19.1 Å². The van der Waals surface area contributed by atoms with E-state index in [-0.39, 0.29) is 17.2 Å². The first kappa shape index (κ1) is 11.6. The Balaban J connectivity index is 2.11. The zero-order valence-corrected chi connectivity index (χ0v) is 10.6. The molecule has 0 aliphatic rings. The average Bonchev–Trinajstić information content (AvgIpc) is 2.99. The van der Waals surface area contributed by atoms with Gasteiger partial charge in [0.2, 0.25) is 5.13 Å². The summed E-state index contributed by atoms with van der Waals surface area (Å²) in [5.41, 5.74) is 0.771. The topological polar surface area (TPSA) is 107 Å². The standard InChI is InChI=1S/C11H9N5O2S/c1-5-13-11(19-16-5)15-14-9-8-6(2-3-12-8)4-7(17)10(9)18/h2-4,12,17-18H,1H3/b15-14+. The van der Waals surface area contributed by atoms with Gasteiger partial charge in [-0.1, -0.05) is 0 Å². The number of hydrogen-bond acceptors (Lipinski definition) is 7. The highest BCUT2D eigenvalue weighted by Gasteiger charge is 2.13. The van der Waals surface area contributed by atoms with Crippen molar-refractivity contribution in [2.75, 3.05) is 0 Å². The molecule has 0 aliphatic carbocycles. The van der Waals surface area contributed by atoms with Crippen molar-refractivity contribution in [1.82, 2.24) is 14.3 Å².